The van der Waals surface area contributed by atoms with Crippen LogP contribution in [-0.2, 0) is 9.22 Å². The smallest absolute Gasteiger partial charge is 0.547 e. The second-order valence-electron chi connectivity index (χ2n) is 4.84. The van der Waals surface area contributed by atoms with Crippen molar-refractivity contribution in [3.05, 3.63) is 0 Å². The predicted molar refractivity (Wildman–Crippen MR) is 52.8 cm³/mol. The third-order valence-electron chi connectivity index (χ3n) is 2.61. The Morgan fingerprint density at radius 2 is 1.71 bits per heavy atom. The average molecular weight is 210 g/mol. The number of carbonyl (C=O) groups is 1. The molecule has 0 heterocycles. The zero-order valence-corrected chi connectivity index (χ0v) is 11.3. The number of hydrogen-bond acceptors (Lipinski definition) is 3. The van der Waals surface area contributed by atoms with Crippen molar-refractivity contribution in [3.8, 4) is 0 Å². The molecule has 3 nitrogen and oxygen atoms in total. The molecule has 0 bridgehead atoms. The number of carboxylic acids is 1. The van der Waals surface area contributed by atoms with E-state index >= 15 is 0 Å². The quantitative estimate of drug-likeness (QED) is 0.514. The van der Waals surface area contributed by atoms with E-state index in [1.54, 1.807) is 0 Å². The molecule has 1 atom stereocenters. The summed E-state index contributed by atoms with van der Waals surface area (Å²) >= 11 is 0. The van der Waals surface area contributed by atoms with E-state index in [1.165, 1.54) is 6.92 Å². The van der Waals surface area contributed by atoms with E-state index in [0.29, 0.717) is 0 Å². The van der Waals surface area contributed by atoms with Crippen LogP contribution in [0.2, 0.25) is 18.1 Å². The molecule has 0 saturated heterocycles. The molecule has 14 heavy (non-hydrogen) atoms. The van der Waals surface area contributed by atoms with Crippen LogP contribution in [-0.4, -0.2) is 20.4 Å². The van der Waals surface area contributed by atoms with Gasteiger partial charge in [0.1, 0.15) is 0 Å². The monoisotopic (exact) mass is 210 g/mol. The molecular formula is C9H19LiO3Si. The van der Waals surface area contributed by atoms with E-state index in [9.17, 15) is 9.90 Å². The topological polar surface area (TPSA) is 49.4 Å². The molecule has 0 spiro atoms. The summed E-state index contributed by atoms with van der Waals surface area (Å²) in [4.78, 5) is 10.5. The Labute approximate surface area is 99.5 Å². The van der Waals surface area contributed by atoms with Crippen molar-refractivity contribution in [2.45, 2.75) is 51.9 Å². The molecule has 5 heteroatoms. The van der Waals surface area contributed by atoms with Crippen LogP contribution < -0.4 is 24.0 Å². The molecule has 0 aliphatic rings. The summed E-state index contributed by atoms with van der Waals surface area (Å²) in [6.07, 6.45) is -0.805. The number of aliphatic carboxylic acids is 1. The summed E-state index contributed by atoms with van der Waals surface area (Å²) in [6.45, 7) is 11.8. The van der Waals surface area contributed by atoms with Crippen molar-refractivity contribution < 1.29 is 33.2 Å². The van der Waals surface area contributed by atoms with Crippen LogP contribution in [0.3, 0.4) is 0 Å². The Kier molecular flexibility index (Phi) is 6.38. The van der Waals surface area contributed by atoms with E-state index in [0.717, 1.165) is 0 Å². The second kappa shape index (κ2) is 5.36. The van der Waals surface area contributed by atoms with Gasteiger partial charge in [-0.15, -0.1) is 0 Å². The fourth-order valence-electron chi connectivity index (χ4n) is 0.667. The van der Waals surface area contributed by atoms with E-state index in [1.807, 2.05) is 13.1 Å². The Morgan fingerprint density at radius 1 is 1.36 bits per heavy atom. The molecule has 0 radical (unpaired) electrons. The van der Waals surface area contributed by atoms with Gasteiger partial charge in [0.25, 0.3) is 0 Å². The molecule has 0 aromatic carbocycles. The van der Waals surface area contributed by atoms with Crippen molar-refractivity contribution in [2.75, 3.05) is 0 Å². The SMILES string of the molecule is C[C@@H](O[Si](C)(C)C(C)(C)C)C(=O)[O-].[Li+]. The van der Waals surface area contributed by atoms with Crippen molar-refractivity contribution >= 4 is 14.3 Å². The molecule has 0 aromatic heterocycles. The van der Waals surface area contributed by atoms with Gasteiger partial charge in [-0.25, -0.2) is 0 Å². The Morgan fingerprint density at radius 3 is 1.93 bits per heavy atom. The van der Waals surface area contributed by atoms with Crippen LogP contribution in [0.4, 0.5) is 0 Å². The molecule has 0 N–H and O–H groups in total. The minimum Gasteiger partial charge on any atom is -0.547 e. The largest absolute Gasteiger partial charge is 1.00 e. The molecule has 0 saturated carbocycles. The molecular weight excluding hydrogens is 191 g/mol. The molecule has 0 rings (SSSR count). The fraction of sp³-hybridized carbons (Fsp3) is 0.889. The van der Waals surface area contributed by atoms with E-state index in [4.69, 9.17) is 4.43 Å². The Balaban J connectivity index is 0. The van der Waals surface area contributed by atoms with Gasteiger partial charge in [0.15, 0.2) is 8.32 Å². The first-order valence-corrected chi connectivity index (χ1v) is 7.37. The molecule has 0 aliphatic carbocycles. The second-order valence-corrected chi connectivity index (χ2v) is 9.60. The van der Waals surface area contributed by atoms with Gasteiger partial charge in [-0.05, 0) is 25.1 Å². The van der Waals surface area contributed by atoms with Crippen molar-refractivity contribution in [1.29, 1.82) is 0 Å². The molecule has 0 aliphatic heterocycles. The Bertz CT molecular complexity index is 199. The van der Waals surface area contributed by atoms with Crippen molar-refractivity contribution in [3.63, 3.8) is 0 Å². The molecule has 0 amide bonds. The first-order valence-electron chi connectivity index (χ1n) is 4.46. The maximum atomic E-state index is 10.5. The summed E-state index contributed by atoms with van der Waals surface area (Å²) in [6, 6.07) is 0. The maximum Gasteiger partial charge on any atom is 1.00 e. The van der Waals surface area contributed by atoms with Gasteiger partial charge in [0.2, 0.25) is 0 Å². The number of rotatable bonds is 3. The normalized spacial score (nSPS) is 14.4. The van der Waals surface area contributed by atoms with Gasteiger partial charge in [-0.3, -0.25) is 0 Å². The number of carboxylic acid groups (broad SMARTS) is 1. The van der Waals surface area contributed by atoms with Crippen molar-refractivity contribution in [1.82, 2.24) is 0 Å². The molecule has 0 aromatic rings. The van der Waals surface area contributed by atoms with Crippen molar-refractivity contribution in [2.24, 2.45) is 0 Å². The van der Waals surface area contributed by atoms with Crippen LogP contribution in [0.1, 0.15) is 27.7 Å². The summed E-state index contributed by atoms with van der Waals surface area (Å²) in [5.41, 5.74) is 0. The van der Waals surface area contributed by atoms with Gasteiger partial charge >= 0.3 is 18.9 Å². The standard InChI is InChI=1S/C9H20O3Si.Li/c1-7(8(10)11)12-13(5,6)9(2,3)4;/h7H,1-6H3,(H,10,11);/q;+1/p-1/t7-;/m1./s1. The van der Waals surface area contributed by atoms with Gasteiger partial charge < -0.3 is 14.3 Å². The Hall–Kier alpha value is 0.244. The number of hydrogen-bond donors (Lipinski definition) is 0. The van der Waals surface area contributed by atoms with Gasteiger partial charge in [-0.1, -0.05) is 20.8 Å². The van der Waals surface area contributed by atoms with E-state index in [-0.39, 0.29) is 23.9 Å². The van der Waals surface area contributed by atoms with E-state index in [2.05, 4.69) is 20.8 Å². The number of carbonyl (C=O) groups excluding carboxylic acids is 1. The van der Waals surface area contributed by atoms with Crippen LogP contribution >= 0.6 is 0 Å². The predicted octanol–water partition coefficient (Wildman–Crippen LogP) is -1.85. The summed E-state index contributed by atoms with van der Waals surface area (Å²) in [7, 11) is -1.95. The first-order chi connectivity index (χ1) is 5.58. The molecule has 0 unspecified atom stereocenters. The third kappa shape index (κ3) is 4.65. The molecule has 0 fully saturated rings. The fourth-order valence-corrected chi connectivity index (χ4v) is 2.00. The molecule has 78 valence electrons. The third-order valence-corrected chi connectivity index (χ3v) is 7.16. The zero-order valence-electron chi connectivity index (χ0n) is 10.3. The minimum absolute atomic E-state index is 0. The average Bonchev–Trinajstić information content (AvgIpc) is 1.83. The van der Waals surface area contributed by atoms with Crippen LogP contribution in [0.15, 0.2) is 0 Å². The zero-order chi connectivity index (χ0) is 10.9. The van der Waals surface area contributed by atoms with Gasteiger partial charge in [0, 0.05) is 0 Å². The van der Waals surface area contributed by atoms with Crippen LogP contribution in [0.25, 0.3) is 0 Å². The first kappa shape index (κ1) is 16.7. The minimum atomic E-state index is -1.95. The summed E-state index contributed by atoms with van der Waals surface area (Å²) in [5, 5.41) is 10.5. The van der Waals surface area contributed by atoms with Gasteiger partial charge in [0.05, 0.1) is 12.1 Å². The van der Waals surface area contributed by atoms with Crippen LogP contribution in [0.5, 0.6) is 0 Å². The summed E-state index contributed by atoms with van der Waals surface area (Å²) in [5.74, 6) is -1.13. The maximum absolute atomic E-state index is 10.5. The van der Waals surface area contributed by atoms with E-state index < -0.39 is 20.4 Å². The summed E-state index contributed by atoms with van der Waals surface area (Å²) < 4.78 is 5.54. The van der Waals surface area contributed by atoms with Gasteiger partial charge in [-0.2, -0.15) is 0 Å². The van der Waals surface area contributed by atoms with Crippen LogP contribution in [0, 0.1) is 0 Å².